The summed E-state index contributed by atoms with van der Waals surface area (Å²) in [5, 5.41) is 14.0. The number of aromatic nitrogens is 3. The topological polar surface area (TPSA) is 186 Å². The number of hydrogen-bond acceptors (Lipinski definition) is 11. The fourth-order valence-corrected chi connectivity index (χ4v) is 5.55. The number of aryl methyl sites for hydroxylation is 1. The van der Waals surface area contributed by atoms with Gasteiger partial charge in [-0.1, -0.05) is 35.9 Å². The maximum absolute atomic E-state index is 13.1. The monoisotopic (exact) mass is 802 g/mol. The van der Waals surface area contributed by atoms with Gasteiger partial charge in [0.05, 0.1) is 12.6 Å². The van der Waals surface area contributed by atoms with Crippen molar-refractivity contribution in [3.05, 3.63) is 94.5 Å². The second-order valence-corrected chi connectivity index (χ2v) is 13.1. The number of alkyl halides is 4. The van der Waals surface area contributed by atoms with Crippen LogP contribution in [0, 0.1) is 0 Å². The molecule has 1 fully saturated rings. The second kappa shape index (κ2) is 18.1. The van der Waals surface area contributed by atoms with Crippen molar-refractivity contribution < 1.29 is 41.8 Å². The summed E-state index contributed by atoms with van der Waals surface area (Å²) in [7, 11) is 1.14. The van der Waals surface area contributed by atoms with Crippen molar-refractivity contribution >= 4 is 70.2 Å². The van der Waals surface area contributed by atoms with E-state index in [-0.39, 0.29) is 30.4 Å². The van der Waals surface area contributed by atoms with Gasteiger partial charge in [0.15, 0.2) is 6.61 Å². The molecule has 3 aromatic carbocycles. The number of rotatable bonds is 16. The third-order valence-electron chi connectivity index (χ3n) is 8.19. The average Bonchev–Trinajstić information content (AvgIpc) is 3.94. The molecule has 1 aromatic heterocycles. The average molecular weight is 804 g/mol. The minimum Gasteiger partial charge on any atom is -0.467 e. The lowest BCUT2D eigenvalue weighted by Gasteiger charge is -2.19. The summed E-state index contributed by atoms with van der Waals surface area (Å²) in [6.07, 6.45) is -2.67. The van der Waals surface area contributed by atoms with Crippen molar-refractivity contribution in [1.29, 1.82) is 0 Å². The Bertz CT molecular complexity index is 1980. The molecule has 19 heteroatoms. The van der Waals surface area contributed by atoms with Crippen LogP contribution in [0.25, 0.3) is 0 Å². The van der Waals surface area contributed by atoms with E-state index in [4.69, 9.17) is 32.7 Å². The van der Waals surface area contributed by atoms with Gasteiger partial charge < -0.3 is 36.1 Å². The van der Waals surface area contributed by atoms with E-state index in [0.29, 0.717) is 41.5 Å². The van der Waals surface area contributed by atoms with Gasteiger partial charge in [0.1, 0.15) is 6.04 Å². The number of ether oxygens (including phenoxy) is 2. The zero-order valence-corrected chi connectivity index (χ0v) is 30.6. The van der Waals surface area contributed by atoms with Gasteiger partial charge in [-0.25, -0.2) is 4.79 Å². The number of anilines is 4. The van der Waals surface area contributed by atoms with Crippen LogP contribution in [0.1, 0.15) is 40.7 Å². The highest BCUT2D eigenvalue weighted by atomic mass is 35.5. The van der Waals surface area contributed by atoms with Crippen molar-refractivity contribution in [3.63, 3.8) is 0 Å². The van der Waals surface area contributed by atoms with Crippen molar-refractivity contribution in [2.45, 2.75) is 43.4 Å². The molecular formula is C36H35Cl2F3N8O6. The van der Waals surface area contributed by atoms with Gasteiger partial charge in [-0.05, 0) is 85.3 Å². The third-order valence-corrected chi connectivity index (χ3v) is 8.63. The van der Waals surface area contributed by atoms with Crippen LogP contribution < -0.4 is 31.3 Å². The Morgan fingerprint density at radius 2 is 1.53 bits per heavy atom. The van der Waals surface area contributed by atoms with Crippen LogP contribution in [0.2, 0.25) is 5.02 Å². The van der Waals surface area contributed by atoms with Crippen LogP contribution in [-0.2, 0) is 31.1 Å². The number of esters is 1. The van der Waals surface area contributed by atoms with Gasteiger partial charge in [0.2, 0.25) is 11.9 Å². The van der Waals surface area contributed by atoms with E-state index in [0.717, 1.165) is 18.2 Å². The maximum Gasteiger partial charge on any atom is 0.422 e. The van der Waals surface area contributed by atoms with Crippen molar-refractivity contribution in [3.8, 4) is 6.01 Å². The molecule has 0 unspecified atom stereocenters. The number of nitrogens with zero attached hydrogens (tertiary/aromatic N) is 3. The lowest BCUT2D eigenvalue weighted by molar-refractivity contribution is -0.154. The highest BCUT2D eigenvalue weighted by Crippen LogP contribution is 2.48. The SMILES string of the molecule is COC(=O)[C@H](CCNC(=O)C(=O)Nc1ccc(CCCl)cc1)NC(=O)c1ccc(Nc2nc(NC3(c4ccc(Cl)cc4)CC3)nc(OCC(F)(F)F)n2)cc1. The summed E-state index contributed by atoms with van der Waals surface area (Å²) in [4.78, 5) is 62.6. The molecule has 0 bridgehead atoms. The zero-order valence-electron chi connectivity index (χ0n) is 29.1. The van der Waals surface area contributed by atoms with Gasteiger partial charge in [0, 0.05) is 34.4 Å². The van der Waals surface area contributed by atoms with E-state index in [1.54, 1.807) is 36.4 Å². The van der Waals surface area contributed by atoms with Crippen LogP contribution in [0.4, 0.5) is 36.4 Å². The molecule has 0 radical (unpaired) electrons. The largest absolute Gasteiger partial charge is 0.467 e. The summed E-state index contributed by atoms with van der Waals surface area (Å²) >= 11 is 11.8. The van der Waals surface area contributed by atoms with Crippen LogP contribution in [-0.4, -0.2) is 77.0 Å². The van der Waals surface area contributed by atoms with E-state index >= 15 is 0 Å². The zero-order chi connectivity index (χ0) is 39.6. The normalized spacial score (nSPS) is 13.5. The van der Waals surface area contributed by atoms with E-state index in [1.807, 2.05) is 12.1 Å². The molecular weight excluding hydrogens is 768 g/mol. The lowest BCUT2D eigenvalue weighted by atomic mass is 10.1. The van der Waals surface area contributed by atoms with Crippen LogP contribution in [0.3, 0.4) is 0 Å². The highest BCUT2D eigenvalue weighted by molar-refractivity contribution is 6.39. The Labute approximate surface area is 322 Å². The van der Waals surface area contributed by atoms with E-state index in [2.05, 4.69) is 41.5 Å². The Balaban J connectivity index is 1.19. The fourth-order valence-electron chi connectivity index (χ4n) is 5.20. The summed E-state index contributed by atoms with van der Waals surface area (Å²) in [6, 6.07) is 18.0. The summed E-state index contributed by atoms with van der Waals surface area (Å²) in [5.41, 5.74) is 2.19. The van der Waals surface area contributed by atoms with Crippen LogP contribution >= 0.6 is 23.2 Å². The molecule has 0 saturated heterocycles. The van der Waals surface area contributed by atoms with E-state index in [1.165, 1.54) is 24.3 Å². The first-order valence-electron chi connectivity index (χ1n) is 16.8. The standard InChI is InChI=1S/C36H35Cl2F3N8O6/c1-54-31(53)27(15-19-42-29(51)30(52)43-25-10-2-21(3-11-25)14-18-37)45-28(50)22-4-12-26(13-5-22)44-32-46-33(48-34(47-32)55-20-36(39,40)41)49-35(16-17-35)23-6-8-24(38)9-7-23/h2-13,27H,14-20H2,1H3,(H,42,51)(H,43,52)(H,45,50)(H2,44,46,47,48,49)/t27-/m0/s1. The summed E-state index contributed by atoms with van der Waals surface area (Å²) in [5.74, 6) is -3.03. The molecule has 55 heavy (non-hydrogen) atoms. The quantitative estimate of drug-likeness (QED) is 0.0547. The number of amides is 3. The molecule has 1 aliphatic rings. The molecule has 1 heterocycles. The molecule has 1 aliphatic carbocycles. The molecule has 5 rings (SSSR count). The van der Waals surface area contributed by atoms with Gasteiger partial charge in [-0.2, -0.15) is 28.1 Å². The number of methoxy groups -OCH3 is 1. The number of carbonyl (C=O) groups excluding carboxylic acids is 4. The van der Waals surface area contributed by atoms with Crippen LogP contribution in [0.5, 0.6) is 6.01 Å². The predicted molar refractivity (Wildman–Crippen MR) is 197 cm³/mol. The smallest absolute Gasteiger partial charge is 0.422 e. The Morgan fingerprint density at radius 1 is 0.873 bits per heavy atom. The number of halogens is 5. The number of benzene rings is 3. The first-order valence-corrected chi connectivity index (χ1v) is 17.7. The van der Waals surface area contributed by atoms with Crippen molar-refractivity contribution in [2.24, 2.45) is 0 Å². The van der Waals surface area contributed by atoms with Gasteiger partial charge in [-0.3, -0.25) is 14.4 Å². The molecule has 1 atom stereocenters. The minimum absolute atomic E-state index is 0.0306. The molecule has 0 spiro atoms. The Hall–Kier alpha value is -5.68. The maximum atomic E-state index is 13.1. The highest BCUT2D eigenvalue weighted by Gasteiger charge is 2.45. The summed E-state index contributed by atoms with van der Waals surface area (Å²) in [6.45, 7) is -1.77. The van der Waals surface area contributed by atoms with Crippen LogP contribution in [0.15, 0.2) is 72.8 Å². The first-order chi connectivity index (χ1) is 26.3. The fraction of sp³-hybridized carbons (Fsp3) is 0.306. The number of carbonyl (C=O) groups is 4. The van der Waals surface area contributed by atoms with Crippen molar-refractivity contribution in [2.75, 3.05) is 42.1 Å². The lowest BCUT2D eigenvalue weighted by Crippen LogP contribution is -2.44. The third kappa shape index (κ3) is 11.9. The Morgan fingerprint density at radius 3 is 2.15 bits per heavy atom. The summed E-state index contributed by atoms with van der Waals surface area (Å²) < 4.78 is 48.5. The molecule has 14 nitrogen and oxygen atoms in total. The molecule has 5 N–H and O–H groups in total. The molecule has 4 aromatic rings. The van der Waals surface area contributed by atoms with E-state index < -0.39 is 54.1 Å². The van der Waals surface area contributed by atoms with Gasteiger partial charge in [-0.15, -0.1) is 11.6 Å². The molecule has 290 valence electrons. The predicted octanol–water partition coefficient (Wildman–Crippen LogP) is 5.51. The first kappa shape index (κ1) is 40.5. The number of nitrogens with one attached hydrogen (secondary N) is 5. The Kier molecular flexibility index (Phi) is 13.3. The minimum atomic E-state index is -4.64. The molecule has 1 saturated carbocycles. The second-order valence-electron chi connectivity index (χ2n) is 12.3. The number of hydrogen-bond donors (Lipinski definition) is 5. The molecule has 3 amide bonds. The molecule has 0 aliphatic heterocycles. The van der Waals surface area contributed by atoms with Gasteiger partial charge >= 0.3 is 30.0 Å². The van der Waals surface area contributed by atoms with E-state index in [9.17, 15) is 32.3 Å². The van der Waals surface area contributed by atoms with Crippen molar-refractivity contribution in [1.82, 2.24) is 25.6 Å². The van der Waals surface area contributed by atoms with Gasteiger partial charge in [0.25, 0.3) is 5.91 Å².